The number of nitrogens with one attached hydrogen (secondary N) is 1. The van der Waals surface area contributed by atoms with Crippen LogP contribution >= 0.6 is 22.9 Å². The molecule has 2 aromatic rings. The Kier molecular flexibility index (Phi) is 4.56. The molecule has 0 aliphatic rings. The Morgan fingerprint density at radius 3 is 2.90 bits per heavy atom. The van der Waals surface area contributed by atoms with Crippen molar-refractivity contribution in [1.29, 1.82) is 0 Å². The molecule has 3 N–H and O–H groups in total. The molecule has 8 heteroatoms. The molecule has 0 aliphatic heterocycles. The average Bonchev–Trinajstić information content (AvgIpc) is 2.95. The number of anilines is 2. The summed E-state index contributed by atoms with van der Waals surface area (Å²) in [7, 11) is 1.85. The van der Waals surface area contributed by atoms with E-state index in [1.54, 1.807) is 11.3 Å². The quantitative estimate of drug-likeness (QED) is 0.878. The van der Waals surface area contributed by atoms with E-state index in [9.17, 15) is 4.79 Å². The number of thiazole rings is 1. The van der Waals surface area contributed by atoms with E-state index in [0.717, 1.165) is 21.3 Å². The number of aromatic nitrogens is 2. The predicted molar refractivity (Wildman–Crippen MR) is 84.3 cm³/mol. The first kappa shape index (κ1) is 14.7. The molecule has 0 aliphatic carbocycles. The zero-order chi connectivity index (χ0) is 14.7. The number of nitrogens with zero attached hydrogens (tertiary/aromatic N) is 3. The minimum Gasteiger partial charge on any atom is -0.382 e. The number of rotatable bonds is 5. The Balaban J connectivity index is 2.27. The topological polar surface area (TPSA) is 84.1 Å². The summed E-state index contributed by atoms with van der Waals surface area (Å²) in [6.45, 7) is 4.73. The number of hydrogen-bond acceptors (Lipinski definition) is 7. The summed E-state index contributed by atoms with van der Waals surface area (Å²) in [5.74, 6) is 0.431. The van der Waals surface area contributed by atoms with Crippen molar-refractivity contribution in [3.05, 3.63) is 10.4 Å². The summed E-state index contributed by atoms with van der Waals surface area (Å²) in [4.78, 5) is 18.0. The van der Waals surface area contributed by atoms with Crippen molar-refractivity contribution in [1.82, 2.24) is 14.7 Å². The molecule has 0 bridgehead atoms. The van der Waals surface area contributed by atoms with Gasteiger partial charge in [0.15, 0.2) is 0 Å². The number of aryl methyl sites for hydroxylation is 1. The van der Waals surface area contributed by atoms with Gasteiger partial charge in [-0.3, -0.25) is 4.79 Å². The van der Waals surface area contributed by atoms with Crippen LogP contribution in [0.4, 0.5) is 10.8 Å². The molecule has 20 heavy (non-hydrogen) atoms. The highest BCUT2D eigenvalue weighted by Crippen LogP contribution is 2.38. The number of amides is 1. The molecule has 0 saturated carbocycles. The maximum absolute atomic E-state index is 11.7. The second-order valence-electron chi connectivity index (χ2n) is 4.31. The smallest absolute Gasteiger partial charge is 0.239 e. The van der Waals surface area contributed by atoms with E-state index < -0.39 is 0 Å². The predicted octanol–water partition coefficient (Wildman–Crippen LogP) is 1.73. The fourth-order valence-electron chi connectivity index (χ4n) is 1.81. The Bertz CT molecular complexity index is 607. The lowest BCUT2D eigenvalue weighted by Gasteiger charge is -2.17. The fourth-order valence-corrected chi connectivity index (χ4v) is 3.20. The minimum absolute atomic E-state index is 0.0256. The van der Waals surface area contributed by atoms with Gasteiger partial charge in [0.05, 0.1) is 22.8 Å². The fraction of sp³-hybridized carbons (Fsp3) is 0.417. The molecule has 2 rings (SSSR count). The average molecular weight is 311 g/mol. The van der Waals surface area contributed by atoms with Crippen molar-refractivity contribution >= 4 is 39.6 Å². The Labute approximate surface area is 125 Å². The molecule has 0 fully saturated rings. The molecule has 0 aromatic carbocycles. The van der Waals surface area contributed by atoms with Crippen LogP contribution in [0.3, 0.4) is 0 Å². The Morgan fingerprint density at radius 2 is 2.30 bits per heavy atom. The number of nitrogens with two attached hydrogens (primary N) is 1. The minimum atomic E-state index is -0.0256. The van der Waals surface area contributed by atoms with Crippen molar-refractivity contribution in [2.24, 2.45) is 0 Å². The van der Waals surface area contributed by atoms with E-state index in [1.807, 2.05) is 31.2 Å². The summed E-state index contributed by atoms with van der Waals surface area (Å²) in [5, 5.41) is 6.57. The third-order valence-corrected chi connectivity index (χ3v) is 4.43. The maximum Gasteiger partial charge on any atom is 0.239 e. The summed E-state index contributed by atoms with van der Waals surface area (Å²) in [5.41, 5.74) is 7.57. The first-order valence-electron chi connectivity index (χ1n) is 6.18. The van der Waals surface area contributed by atoms with E-state index in [0.29, 0.717) is 12.4 Å². The number of likely N-dealkylation sites (N-methyl/N-ethyl adjacent to an activating group) is 2. The van der Waals surface area contributed by atoms with E-state index in [1.165, 1.54) is 11.5 Å². The van der Waals surface area contributed by atoms with Crippen LogP contribution in [-0.2, 0) is 4.79 Å². The normalized spacial score (nSPS) is 10.6. The van der Waals surface area contributed by atoms with Gasteiger partial charge in [0.2, 0.25) is 5.91 Å². The second-order valence-corrected chi connectivity index (χ2v) is 6.12. The van der Waals surface area contributed by atoms with Crippen molar-refractivity contribution in [2.45, 2.75) is 13.8 Å². The SMILES string of the molecule is CCNC(=O)CN(C)c1snc(N)c1-c1csc(C)n1. The number of nitrogen functional groups attached to an aromatic ring is 1. The number of carbonyl (C=O) groups excluding carboxylic acids is 1. The van der Waals surface area contributed by atoms with Gasteiger partial charge in [0.25, 0.3) is 0 Å². The van der Waals surface area contributed by atoms with Crippen LogP contribution in [0.1, 0.15) is 11.9 Å². The molecule has 0 radical (unpaired) electrons. The van der Waals surface area contributed by atoms with Crippen molar-refractivity contribution in [3.63, 3.8) is 0 Å². The molecule has 0 unspecified atom stereocenters. The standard InChI is InChI=1S/C12H17N5OS2/c1-4-14-9(18)5-17(3)12-10(11(13)16-20-12)8-6-19-7(2)15-8/h6H,4-5H2,1-3H3,(H2,13,16)(H,14,18). The van der Waals surface area contributed by atoms with Gasteiger partial charge in [-0.05, 0) is 25.4 Å². The summed E-state index contributed by atoms with van der Waals surface area (Å²) in [6.07, 6.45) is 0. The van der Waals surface area contributed by atoms with Crippen molar-refractivity contribution < 1.29 is 4.79 Å². The van der Waals surface area contributed by atoms with Crippen LogP contribution in [0, 0.1) is 6.92 Å². The molecular weight excluding hydrogens is 294 g/mol. The molecule has 1 amide bonds. The maximum atomic E-state index is 11.7. The van der Waals surface area contributed by atoms with Gasteiger partial charge in [-0.25, -0.2) is 4.98 Å². The molecule has 0 atom stereocenters. The van der Waals surface area contributed by atoms with Gasteiger partial charge >= 0.3 is 0 Å². The lowest BCUT2D eigenvalue weighted by atomic mass is 10.2. The summed E-state index contributed by atoms with van der Waals surface area (Å²) < 4.78 is 4.19. The van der Waals surface area contributed by atoms with E-state index in [2.05, 4.69) is 14.7 Å². The van der Waals surface area contributed by atoms with Crippen LogP contribution in [-0.4, -0.2) is 35.4 Å². The first-order valence-corrected chi connectivity index (χ1v) is 7.83. The van der Waals surface area contributed by atoms with Crippen LogP contribution in [0.5, 0.6) is 0 Å². The number of hydrogen-bond donors (Lipinski definition) is 2. The Hall–Kier alpha value is -1.67. The van der Waals surface area contributed by atoms with Crippen molar-refractivity contribution in [3.8, 4) is 11.3 Å². The molecule has 0 spiro atoms. The zero-order valence-electron chi connectivity index (χ0n) is 11.6. The van der Waals surface area contributed by atoms with Gasteiger partial charge in [-0.15, -0.1) is 11.3 Å². The third kappa shape index (κ3) is 3.07. The lowest BCUT2D eigenvalue weighted by molar-refractivity contribution is -0.119. The highest BCUT2D eigenvalue weighted by molar-refractivity contribution is 7.11. The van der Waals surface area contributed by atoms with Gasteiger partial charge in [0, 0.05) is 19.0 Å². The highest BCUT2D eigenvalue weighted by atomic mass is 32.1. The van der Waals surface area contributed by atoms with E-state index >= 15 is 0 Å². The first-order chi connectivity index (χ1) is 9.52. The summed E-state index contributed by atoms with van der Waals surface area (Å²) >= 11 is 2.85. The largest absolute Gasteiger partial charge is 0.382 e. The van der Waals surface area contributed by atoms with E-state index in [-0.39, 0.29) is 12.5 Å². The zero-order valence-corrected chi connectivity index (χ0v) is 13.3. The molecular formula is C12H17N5OS2. The molecule has 2 heterocycles. The van der Waals surface area contributed by atoms with Crippen LogP contribution in [0.15, 0.2) is 5.38 Å². The van der Waals surface area contributed by atoms with Gasteiger partial charge < -0.3 is 16.0 Å². The molecule has 2 aromatic heterocycles. The van der Waals surface area contributed by atoms with Crippen LogP contribution in [0.2, 0.25) is 0 Å². The summed E-state index contributed by atoms with van der Waals surface area (Å²) in [6, 6.07) is 0. The van der Waals surface area contributed by atoms with Crippen LogP contribution < -0.4 is 16.0 Å². The second kappa shape index (κ2) is 6.19. The van der Waals surface area contributed by atoms with Crippen molar-refractivity contribution in [2.75, 3.05) is 30.8 Å². The van der Waals surface area contributed by atoms with Gasteiger partial charge in [-0.1, -0.05) is 0 Å². The molecule has 108 valence electrons. The Morgan fingerprint density at radius 1 is 1.55 bits per heavy atom. The third-order valence-electron chi connectivity index (χ3n) is 2.68. The lowest BCUT2D eigenvalue weighted by Crippen LogP contribution is -2.34. The molecule has 0 saturated heterocycles. The highest BCUT2D eigenvalue weighted by Gasteiger charge is 2.20. The van der Waals surface area contributed by atoms with Gasteiger partial charge in [-0.2, -0.15) is 4.37 Å². The van der Waals surface area contributed by atoms with E-state index in [4.69, 9.17) is 5.73 Å². The molecule has 6 nitrogen and oxygen atoms in total. The van der Waals surface area contributed by atoms with Gasteiger partial charge in [0.1, 0.15) is 10.8 Å². The number of carbonyl (C=O) groups is 1. The monoisotopic (exact) mass is 311 g/mol. The van der Waals surface area contributed by atoms with Crippen LogP contribution in [0.25, 0.3) is 11.3 Å².